The first-order valence-corrected chi connectivity index (χ1v) is 10.2. The summed E-state index contributed by atoms with van der Waals surface area (Å²) in [6, 6.07) is 15.3. The molecular formula is C20H17N7O4S. The molecular weight excluding hydrogens is 434 g/mol. The van der Waals surface area contributed by atoms with Crippen LogP contribution in [0, 0.1) is 11.3 Å². The van der Waals surface area contributed by atoms with E-state index in [9.17, 15) is 14.4 Å². The average Bonchev–Trinajstić information content (AvgIpc) is 3.30. The van der Waals surface area contributed by atoms with Gasteiger partial charge in [-0.2, -0.15) is 5.26 Å². The number of nitrogens with zero attached hydrogens (tertiary/aromatic N) is 5. The topological polar surface area (TPSA) is 152 Å². The highest BCUT2D eigenvalue weighted by molar-refractivity contribution is 7.99. The number of hydrogen-bond donors (Lipinski definition) is 2. The number of rotatable bonds is 9. The van der Waals surface area contributed by atoms with Crippen molar-refractivity contribution in [2.45, 2.75) is 11.4 Å². The third kappa shape index (κ3) is 6.38. The third-order valence-electron chi connectivity index (χ3n) is 3.91. The Morgan fingerprint density at radius 3 is 2.50 bits per heavy atom. The largest absolute Gasteiger partial charge is 0.452 e. The predicted molar refractivity (Wildman–Crippen MR) is 115 cm³/mol. The lowest BCUT2D eigenvalue weighted by atomic mass is 10.2. The minimum atomic E-state index is -0.773. The van der Waals surface area contributed by atoms with Gasteiger partial charge in [-0.25, -0.2) is 9.48 Å². The molecule has 0 saturated heterocycles. The number of nitrogens with one attached hydrogen (secondary N) is 2. The summed E-state index contributed by atoms with van der Waals surface area (Å²) in [5.74, 6) is -1.52. The zero-order chi connectivity index (χ0) is 22.8. The summed E-state index contributed by atoms with van der Waals surface area (Å²) < 4.78 is 6.34. The number of esters is 1. The first-order chi connectivity index (χ1) is 15.6. The maximum absolute atomic E-state index is 12.5. The molecule has 32 heavy (non-hydrogen) atoms. The molecule has 0 aliphatic heterocycles. The van der Waals surface area contributed by atoms with Crippen molar-refractivity contribution in [3.63, 3.8) is 0 Å². The molecule has 0 fully saturated rings. The van der Waals surface area contributed by atoms with Gasteiger partial charge in [0.2, 0.25) is 5.91 Å². The number of nitriles is 1. The number of benzene rings is 2. The molecule has 3 rings (SSSR count). The summed E-state index contributed by atoms with van der Waals surface area (Å²) in [5, 5.41) is 24.5. The van der Waals surface area contributed by atoms with Gasteiger partial charge in [0.25, 0.3) is 5.91 Å². The van der Waals surface area contributed by atoms with Gasteiger partial charge in [-0.15, -0.1) is 16.9 Å². The second-order valence-corrected chi connectivity index (χ2v) is 7.19. The van der Waals surface area contributed by atoms with Gasteiger partial charge in [0, 0.05) is 4.90 Å². The molecule has 0 atom stereocenters. The molecule has 12 heteroatoms. The molecule has 3 aromatic rings. The van der Waals surface area contributed by atoms with Gasteiger partial charge in [-0.05, 0) is 34.7 Å². The van der Waals surface area contributed by atoms with E-state index in [4.69, 9.17) is 10.00 Å². The molecule has 2 aromatic carbocycles. The summed E-state index contributed by atoms with van der Waals surface area (Å²) in [6.45, 7) is -0.662. The molecule has 11 nitrogen and oxygen atoms in total. The van der Waals surface area contributed by atoms with E-state index in [0.717, 1.165) is 4.90 Å². The number of carbonyl (C=O) groups is 3. The fourth-order valence-corrected chi connectivity index (χ4v) is 3.23. The van der Waals surface area contributed by atoms with E-state index in [1.807, 2.05) is 6.07 Å². The fourth-order valence-electron chi connectivity index (χ4n) is 2.56. The Morgan fingerprint density at radius 1 is 1.03 bits per heavy atom. The maximum Gasteiger partial charge on any atom is 0.340 e. The Labute approximate surface area is 186 Å². The van der Waals surface area contributed by atoms with E-state index in [1.165, 1.54) is 34.9 Å². The number of thioether (sulfide) groups is 1. The molecule has 0 spiro atoms. The zero-order valence-electron chi connectivity index (χ0n) is 16.6. The summed E-state index contributed by atoms with van der Waals surface area (Å²) in [4.78, 5) is 37.7. The zero-order valence-corrected chi connectivity index (χ0v) is 17.4. The fraction of sp³-hybridized carbons (Fsp3) is 0.150. The van der Waals surface area contributed by atoms with Crippen LogP contribution in [-0.2, 0) is 20.9 Å². The summed E-state index contributed by atoms with van der Waals surface area (Å²) >= 11 is 1.28. The van der Waals surface area contributed by atoms with Crippen molar-refractivity contribution in [3.8, 4) is 6.07 Å². The Bertz CT molecular complexity index is 1140. The van der Waals surface area contributed by atoms with Gasteiger partial charge in [0.05, 0.1) is 28.8 Å². The van der Waals surface area contributed by atoms with Crippen LogP contribution in [0.3, 0.4) is 0 Å². The molecule has 0 unspecified atom stereocenters. The number of amides is 2. The number of aromatic nitrogens is 4. The number of carbonyl (C=O) groups excluding carboxylic acids is 3. The van der Waals surface area contributed by atoms with Crippen LogP contribution < -0.4 is 10.6 Å². The van der Waals surface area contributed by atoms with Gasteiger partial charge in [-0.3, -0.25) is 9.59 Å². The number of tetrazole rings is 1. The van der Waals surface area contributed by atoms with Crippen molar-refractivity contribution in [2.75, 3.05) is 23.0 Å². The van der Waals surface area contributed by atoms with Crippen molar-refractivity contribution in [2.24, 2.45) is 0 Å². The second kappa shape index (κ2) is 11.2. The van der Waals surface area contributed by atoms with Gasteiger partial charge in [-0.1, -0.05) is 24.3 Å². The molecule has 0 bridgehead atoms. The Morgan fingerprint density at radius 2 is 1.75 bits per heavy atom. The molecule has 0 saturated carbocycles. The first kappa shape index (κ1) is 22.4. The summed E-state index contributed by atoms with van der Waals surface area (Å²) in [7, 11) is 0. The van der Waals surface area contributed by atoms with Crippen LogP contribution in [0.4, 0.5) is 11.4 Å². The normalized spacial score (nSPS) is 10.1. The van der Waals surface area contributed by atoms with Crippen LogP contribution in [0.15, 0.2) is 59.8 Å². The molecule has 2 amide bonds. The molecule has 162 valence electrons. The quantitative estimate of drug-likeness (QED) is 0.366. The lowest BCUT2D eigenvalue weighted by molar-refractivity contribution is -0.119. The SMILES string of the molecule is N#CCSc1ccccc1NC(=O)COC(=O)c1ccccc1NC(=O)Cn1cnnn1. The lowest BCUT2D eigenvalue weighted by Gasteiger charge is -2.12. The van der Waals surface area contributed by atoms with Crippen LogP contribution in [0.5, 0.6) is 0 Å². The average molecular weight is 451 g/mol. The Balaban J connectivity index is 1.58. The van der Waals surface area contributed by atoms with Crippen LogP contribution in [0.1, 0.15) is 10.4 Å². The van der Waals surface area contributed by atoms with Crippen molar-refractivity contribution >= 4 is 40.9 Å². The molecule has 2 N–H and O–H groups in total. The van der Waals surface area contributed by atoms with E-state index in [1.54, 1.807) is 36.4 Å². The maximum atomic E-state index is 12.5. The molecule has 0 aliphatic carbocycles. The Kier molecular flexibility index (Phi) is 7.88. The van der Waals surface area contributed by atoms with Crippen LogP contribution >= 0.6 is 11.8 Å². The van der Waals surface area contributed by atoms with Gasteiger partial charge < -0.3 is 15.4 Å². The summed E-state index contributed by atoms with van der Waals surface area (Å²) in [5.41, 5.74) is 0.841. The van der Waals surface area contributed by atoms with Gasteiger partial charge in [0.15, 0.2) is 6.61 Å². The standard InChI is InChI=1S/C20H17N7O4S/c21-9-10-32-17-8-4-3-7-16(17)24-19(29)12-31-20(30)14-5-1-2-6-15(14)23-18(28)11-27-13-22-25-26-27/h1-8,13H,10-12H2,(H,23,28)(H,24,29). The predicted octanol–water partition coefficient (Wildman–Crippen LogP) is 1.72. The molecule has 0 radical (unpaired) electrons. The molecule has 1 heterocycles. The van der Waals surface area contributed by atoms with Crippen molar-refractivity contribution < 1.29 is 19.1 Å². The lowest BCUT2D eigenvalue weighted by Crippen LogP contribution is -2.23. The van der Waals surface area contributed by atoms with Crippen molar-refractivity contribution in [3.05, 3.63) is 60.4 Å². The highest BCUT2D eigenvalue weighted by Gasteiger charge is 2.17. The smallest absolute Gasteiger partial charge is 0.340 e. The van der Waals surface area contributed by atoms with E-state index in [2.05, 4.69) is 26.2 Å². The van der Waals surface area contributed by atoms with Crippen molar-refractivity contribution in [1.82, 2.24) is 20.2 Å². The van der Waals surface area contributed by atoms with E-state index in [0.29, 0.717) is 5.69 Å². The molecule has 0 aliphatic rings. The number of ether oxygens (including phenoxy) is 1. The highest BCUT2D eigenvalue weighted by Crippen LogP contribution is 2.26. The van der Waals surface area contributed by atoms with Crippen LogP contribution in [0.2, 0.25) is 0 Å². The van der Waals surface area contributed by atoms with Gasteiger partial charge in [0.1, 0.15) is 12.9 Å². The highest BCUT2D eigenvalue weighted by atomic mass is 32.2. The van der Waals surface area contributed by atoms with E-state index >= 15 is 0 Å². The van der Waals surface area contributed by atoms with Crippen LogP contribution in [0.25, 0.3) is 0 Å². The number of hydrogen-bond acceptors (Lipinski definition) is 9. The second-order valence-electron chi connectivity index (χ2n) is 6.17. The molecule has 1 aromatic heterocycles. The van der Waals surface area contributed by atoms with Crippen LogP contribution in [-0.4, -0.2) is 50.4 Å². The number of para-hydroxylation sites is 2. The van der Waals surface area contributed by atoms with Gasteiger partial charge >= 0.3 is 5.97 Å². The first-order valence-electron chi connectivity index (χ1n) is 9.22. The minimum Gasteiger partial charge on any atom is -0.452 e. The summed E-state index contributed by atoms with van der Waals surface area (Å²) in [6.07, 6.45) is 1.29. The monoisotopic (exact) mass is 451 g/mol. The minimum absolute atomic E-state index is 0.0929. The third-order valence-corrected chi connectivity index (χ3v) is 4.85. The van der Waals surface area contributed by atoms with E-state index < -0.39 is 24.4 Å². The number of anilines is 2. The van der Waals surface area contributed by atoms with E-state index in [-0.39, 0.29) is 23.5 Å². The van der Waals surface area contributed by atoms with Crippen molar-refractivity contribution in [1.29, 1.82) is 5.26 Å². The Hall–Kier alpha value is -4.24.